The van der Waals surface area contributed by atoms with E-state index in [2.05, 4.69) is 0 Å². The first kappa shape index (κ1) is 12.5. The van der Waals surface area contributed by atoms with E-state index in [0.717, 1.165) is 11.3 Å². The van der Waals surface area contributed by atoms with Gasteiger partial charge in [-0.15, -0.1) is 4.48 Å². The number of para-hydroxylation sites is 1. The third kappa shape index (κ3) is 3.05. The highest BCUT2D eigenvalue weighted by Crippen LogP contribution is 2.17. The van der Waals surface area contributed by atoms with Gasteiger partial charge in [-0.2, -0.15) is 5.54 Å². The third-order valence-corrected chi connectivity index (χ3v) is 2.87. The van der Waals surface area contributed by atoms with E-state index in [1.165, 1.54) is 0 Å². The Labute approximate surface area is 111 Å². The molecule has 0 radical (unpaired) electrons. The van der Waals surface area contributed by atoms with Gasteiger partial charge in [0.25, 0.3) is 0 Å². The Kier molecular flexibility index (Phi) is 4.25. The minimum absolute atomic E-state index is 0.0602. The van der Waals surface area contributed by atoms with Crippen LogP contribution in [-0.2, 0) is 6.54 Å². The SMILES string of the molecule is FNC(=S)N(Cc1ccccc1)c1ccccc1. The van der Waals surface area contributed by atoms with Crippen LogP contribution in [0, 0.1) is 0 Å². The second-order valence-corrected chi connectivity index (χ2v) is 4.19. The molecule has 0 fully saturated rings. The first-order chi connectivity index (χ1) is 8.81. The van der Waals surface area contributed by atoms with Crippen molar-refractivity contribution in [2.45, 2.75) is 6.54 Å². The van der Waals surface area contributed by atoms with Gasteiger partial charge in [-0.3, -0.25) is 0 Å². The van der Waals surface area contributed by atoms with Crippen molar-refractivity contribution in [3.05, 3.63) is 66.2 Å². The molecule has 0 spiro atoms. The average molecular weight is 260 g/mol. The van der Waals surface area contributed by atoms with Crippen LogP contribution in [0.25, 0.3) is 0 Å². The van der Waals surface area contributed by atoms with E-state index in [1.54, 1.807) is 10.4 Å². The fourth-order valence-electron chi connectivity index (χ4n) is 1.71. The Morgan fingerprint density at radius 2 is 1.56 bits per heavy atom. The van der Waals surface area contributed by atoms with E-state index in [-0.39, 0.29) is 5.11 Å². The zero-order valence-corrected chi connectivity index (χ0v) is 10.5. The number of rotatable bonds is 3. The van der Waals surface area contributed by atoms with Gasteiger partial charge in [0.15, 0.2) is 0 Å². The molecule has 0 heterocycles. The summed E-state index contributed by atoms with van der Waals surface area (Å²) < 4.78 is 12.6. The van der Waals surface area contributed by atoms with Gasteiger partial charge in [-0.25, -0.2) is 0 Å². The molecular weight excluding hydrogens is 247 g/mol. The lowest BCUT2D eigenvalue weighted by molar-refractivity contribution is 0.432. The molecule has 4 heteroatoms. The maximum absolute atomic E-state index is 12.6. The van der Waals surface area contributed by atoms with E-state index in [1.807, 2.05) is 60.7 Å². The van der Waals surface area contributed by atoms with Crippen LogP contribution in [0.4, 0.5) is 10.2 Å². The van der Waals surface area contributed by atoms with Crippen molar-refractivity contribution < 1.29 is 4.48 Å². The van der Waals surface area contributed by atoms with Gasteiger partial charge < -0.3 is 4.90 Å². The quantitative estimate of drug-likeness (QED) is 0.672. The lowest BCUT2D eigenvalue weighted by Gasteiger charge is -2.23. The number of nitrogens with one attached hydrogen (secondary N) is 1. The van der Waals surface area contributed by atoms with Crippen LogP contribution < -0.4 is 10.4 Å². The van der Waals surface area contributed by atoms with Crippen molar-refractivity contribution in [1.82, 2.24) is 5.54 Å². The summed E-state index contributed by atoms with van der Waals surface area (Å²) in [6.45, 7) is 0.528. The predicted octanol–water partition coefficient (Wildman–Crippen LogP) is 3.45. The van der Waals surface area contributed by atoms with Crippen LogP contribution >= 0.6 is 12.2 Å². The van der Waals surface area contributed by atoms with Crippen LogP contribution in [0.3, 0.4) is 0 Å². The van der Waals surface area contributed by atoms with Gasteiger partial charge in [-0.1, -0.05) is 48.5 Å². The van der Waals surface area contributed by atoms with E-state index in [4.69, 9.17) is 12.2 Å². The van der Waals surface area contributed by atoms with Crippen LogP contribution in [0.5, 0.6) is 0 Å². The Balaban J connectivity index is 2.24. The summed E-state index contributed by atoms with van der Waals surface area (Å²) in [5, 5.41) is 0.0602. The molecular formula is C14H13FN2S. The molecule has 92 valence electrons. The number of hydrogen-bond donors (Lipinski definition) is 1. The molecule has 0 aliphatic rings. The minimum atomic E-state index is 0.0602. The number of anilines is 1. The molecule has 2 aromatic carbocycles. The van der Waals surface area contributed by atoms with Crippen LogP contribution in [0.2, 0.25) is 0 Å². The van der Waals surface area contributed by atoms with E-state index in [9.17, 15) is 4.48 Å². The molecule has 1 N–H and O–H groups in total. The molecule has 0 aliphatic carbocycles. The molecule has 0 unspecified atom stereocenters. The first-order valence-electron chi connectivity index (χ1n) is 5.58. The smallest absolute Gasteiger partial charge is 0.202 e. The fourth-order valence-corrected chi connectivity index (χ4v) is 1.88. The molecule has 18 heavy (non-hydrogen) atoms. The van der Waals surface area contributed by atoms with Gasteiger partial charge in [-0.05, 0) is 29.9 Å². The number of halogens is 1. The predicted molar refractivity (Wildman–Crippen MR) is 75.9 cm³/mol. The highest BCUT2D eigenvalue weighted by atomic mass is 32.1. The number of nitrogens with zero attached hydrogens (tertiary/aromatic N) is 1. The molecule has 0 bridgehead atoms. The van der Waals surface area contributed by atoms with Crippen molar-refractivity contribution in [1.29, 1.82) is 0 Å². The maximum Gasteiger partial charge on any atom is 0.202 e. The van der Waals surface area contributed by atoms with Crippen molar-refractivity contribution in [2.24, 2.45) is 0 Å². The van der Waals surface area contributed by atoms with Crippen LogP contribution in [0.1, 0.15) is 5.56 Å². The lowest BCUT2D eigenvalue weighted by atomic mass is 10.2. The summed E-state index contributed by atoms with van der Waals surface area (Å²) in [6.07, 6.45) is 0. The van der Waals surface area contributed by atoms with Crippen LogP contribution in [-0.4, -0.2) is 5.11 Å². The number of benzene rings is 2. The summed E-state index contributed by atoms with van der Waals surface area (Å²) in [4.78, 5) is 1.71. The summed E-state index contributed by atoms with van der Waals surface area (Å²) in [5.74, 6) is 0. The second kappa shape index (κ2) is 6.12. The first-order valence-corrected chi connectivity index (χ1v) is 5.99. The summed E-state index contributed by atoms with van der Waals surface area (Å²) in [5.41, 5.74) is 3.47. The largest absolute Gasteiger partial charge is 0.313 e. The molecule has 2 aromatic rings. The van der Waals surface area contributed by atoms with E-state index < -0.39 is 0 Å². The van der Waals surface area contributed by atoms with Crippen molar-refractivity contribution in [3.63, 3.8) is 0 Å². The lowest BCUT2D eigenvalue weighted by Crippen LogP contribution is -2.35. The zero-order chi connectivity index (χ0) is 12.8. The molecule has 0 atom stereocenters. The number of thiocarbonyl (C=S) groups is 1. The summed E-state index contributed by atoms with van der Waals surface area (Å²) in [6, 6.07) is 19.3. The Morgan fingerprint density at radius 1 is 1.00 bits per heavy atom. The van der Waals surface area contributed by atoms with Gasteiger partial charge in [0.2, 0.25) is 5.11 Å². The molecule has 0 aromatic heterocycles. The molecule has 2 rings (SSSR count). The fraction of sp³-hybridized carbons (Fsp3) is 0.0714. The second-order valence-electron chi connectivity index (χ2n) is 3.81. The standard InChI is InChI=1S/C14H13FN2S/c15-16-14(18)17(13-9-5-2-6-10-13)11-12-7-3-1-4-8-12/h1-10H,11H2,(H,16,18). The normalized spacial score (nSPS) is 9.83. The molecule has 0 saturated heterocycles. The van der Waals surface area contributed by atoms with E-state index in [0.29, 0.717) is 6.54 Å². The highest BCUT2D eigenvalue weighted by Gasteiger charge is 2.11. The van der Waals surface area contributed by atoms with Crippen molar-refractivity contribution in [2.75, 3.05) is 4.90 Å². The van der Waals surface area contributed by atoms with Gasteiger partial charge in [0, 0.05) is 5.69 Å². The zero-order valence-electron chi connectivity index (χ0n) is 9.71. The molecule has 0 amide bonds. The molecule has 2 nitrogen and oxygen atoms in total. The molecule has 0 aliphatic heterocycles. The number of hydrogen-bond acceptors (Lipinski definition) is 1. The molecule has 0 saturated carbocycles. The maximum atomic E-state index is 12.6. The Bertz CT molecular complexity index is 502. The minimum Gasteiger partial charge on any atom is -0.313 e. The van der Waals surface area contributed by atoms with E-state index >= 15 is 0 Å². The highest BCUT2D eigenvalue weighted by molar-refractivity contribution is 7.80. The summed E-state index contributed by atoms with van der Waals surface area (Å²) >= 11 is 5.00. The Hall–Kier alpha value is -1.94. The summed E-state index contributed by atoms with van der Waals surface area (Å²) in [7, 11) is 0. The van der Waals surface area contributed by atoms with Crippen molar-refractivity contribution in [3.8, 4) is 0 Å². The topological polar surface area (TPSA) is 15.3 Å². The van der Waals surface area contributed by atoms with Crippen LogP contribution in [0.15, 0.2) is 60.7 Å². The average Bonchev–Trinajstić information content (AvgIpc) is 2.46. The monoisotopic (exact) mass is 260 g/mol. The van der Waals surface area contributed by atoms with Gasteiger partial charge in [0.05, 0.1) is 6.54 Å². The van der Waals surface area contributed by atoms with Crippen molar-refractivity contribution >= 4 is 23.0 Å². The Morgan fingerprint density at radius 3 is 2.11 bits per heavy atom. The van der Waals surface area contributed by atoms with Gasteiger partial charge >= 0.3 is 0 Å². The van der Waals surface area contributed by atoms with Gasteiger partial charge in [0.1, 0.15) is 0 Å². The third-order valence-electron chi connectivity index (χ3n) is 2.58.